The molecule has 0 radical (unpaired) electrons. The summed E-state index contributed by atoms with van der Waals surface area (Å²) >= 11 is 0. The van der Waals surface area contributed by atoms with E-state index in [1.54, 1.807) is 0 Å². The zero-order valence-corrected chi connectivity index (χ0v) is 34.3. The molecule has 0 amide bonds. The van der Waals surface area contributed by atoms with Gasteiger partial charge in [0.15, 0.2) is 0 Å². The number of para-hydroxylation sites is 4. The molecule has 0 atom stereocenters. The number of benzene rings is 10. The van der Waals surface area contributed by atoms with E-state index in [0.717, 1.165) is 94.3 Å². The molecule has 0 fully saturated rings. The molecular weight excluding hydrogens is 767 g/mol. The van der Waals surface area contributed by atoms with Crippen LogP contribution in [-0.2, 0) is 0 Å². The highest BCUT2D eigenvalue weighted by Crippen LogP contribution is 2.47. The third-order valence-electron chi connectivity index (χ3n) is 12.3. The Kier molecular flexibility index (Phi) is 8.83. The highest BCUT2D eigenvalue weighted by Gasteiger charge is 2.22. The summed E-state index contributed by atoms with van der Waals surface area (Å²) in [5.74, 6) is 0. The minimum absolute atomic E-state index is 0.842. The Morgan fingerprint density at radius 2 is 0.778 bits per heavy atom. The van der Waals surface area contributed by atoms with E-state index in [4.69, 9.17) is 8.83 Å². The third kappa shape index (κ3) is 6.38. The molecular formula is C60H39NO2. The van der Waals surface area contributed by atoms with E-state index in [9.17, 15) is 0 Å². The first kappa shape index (κ1) is 36.5. The van der Waals surface area contributed by atoms with E-state index in [1.165, 1.54) is 22.3 Å². The molecule has 0 bridgehead atoms. The second-order valence-electron chi connectivity index (χ2n) is 16.0. The fourth-order valence-corrected chi connectivity index (χ4v) is 9.34. The van der Waals surface area contributed by atoms with Crippen LogP contribution in [0.25, 0.3) is 99.5 Å². The average molecular weight is 806 g/mol. The highest BCUT2D eigenvalue weighted by atomic mass is 16.3. The molecule has 63 heavy (non-hydrogen) atoms. The monoisotopic (exact) mass is 805 g/mol. The number of anilines is 3. The van der Waals surface area contributed by atoms with Gasteiger partial charge in [-0.25, -0.2) is 0 Å². The second-order valence-corrected chi connectivity index (χ2v) is 16.0. The SMILES string of the molecule is c1ccc(-c2ccc(-c3ccccc3N(c3ccc(-c4cccc5c4oc4ccccc45)cc3)c3ccc4c(c3)oc3ccccc34)c(-c3ccccc3-c3ccccc3)c2)cc1. The van der Waals surface area contributed by atoms with Crippen molar-refractivity contribution in [2.45, 2.75) is 0 Å². The van der Waals surface area contributed by atoms with Crippen molar-refractivity contribution in [3.63, 3.8) is 0 Å². The van der Waals surface area contributed by atoms with Crippen LogP contribution in [0.2, 0.25) is 0 Å². The van der Waals surface area contributed by atoms with Crippen molar-refractivity contribution < 1.29 is 8.83 Å². The Bertz CT molecular complexity index is 3620. The Labute approximate surface area is 365 Å². The van der Waals surface area contributed by atoms with Gasteiger partial charge in [-0.2, -0.15) is 0 Å². The van der Waals surface area contributed by atoms with Gasteiger partial charge in [0.05, 0.1) is 5.69 Å². The van der Waals surface area contributed by atoms with Gasteiger partial charge in [-0.3, -0.25) is 0 Å². The topological polar surface area (TPSA) is 29.5 Å². The summed E-state index contributed by atoms with van der Waals surface area (Å²) in [6.07, 6.45) is 0. The van der Waals surface area contributed by atoms with Crippen molar-refractivity contribution in [1.82, 2.24) is 0 Å². The van der Waals surface area contributed by atoms with Crippen LogP contribution in [0.1, 0.15) is 0 Å². The lowest BCUT2D eigenvalue weighted by Gasteiger charge is -2.29. The second kappa shape index (κ2) is 15.3. The summed E-state index contributed by atoms with van der Waals surface area (Å²) in [6.45, 7) is 0. The molecule has 2 aromatic heterocycles. The van der Waals surface area contributed by atoms with Gasteiger partial charge >= 0.3 is 0 Å². The van der Waals surface area contributed by atoms with Crippen LogP contribution in [0.15, 0.2) is 245 Å². The summed E-state index contributed by atoms with van der Waals surface area (Å²) in [7, 11) is 0. The van der Waals surface area contributed by atoms with Crippen molar-refractivity contribution in [2.75, 3.05) is 4.90 Å². The van der Waals surface area contributed by atoms with Gasteiger partial charge in [0, 0.05) is 50.1 Å². The Balaban J connectivity index is 1.06. The molecule has 296 valence electrons. The number of nitrogens with zero attached hydrogens (tertiary/aromatic N) is 1. The van der Waals surface area contributed by atoms with Gasteiger partial charge < -0.3 is 13.7 Å². The molecule has 3 heteroatoms. The minimum Gasteiger partial charge on any atom is -0.456 e. The van der Waals surface area contributed by atoms with Gasteiger partial charge in [-0.1, -0.05) is 182 Å². The van der Waals surface area contributed by atoms with Crippen LogP contribution >= 0.6 is 0 Å². The lowest BCUT2D eigenvalue weighted by Crippen LogP contribution is -2.11. The number of furan rings is 2. The maximum atomic E-state index is 6.52. The molecule has 10 aromatic carbocycles. The smallest absolute Gasteiger partial charge is 0.143 e. The normalized spacial score (nSPS) is 11.5. The summed E-state index contributed by atoms with van der Waals surface area (Å²) < 4.78 is 13.0. The van der Waals surface area contributed by atoms with E-state index in [2.05, 4.69) is 217 Å². The van der Waals surface area contributed by atoms with E-state index in [-0.39, 0.29) is 0 Å². The predicted molar refractivity (Wildman–Crippen MR) is 263 cm³/mol. The summed E-state index contributed by atoms with van der Waals surface area (Å²) in [4.78, 5) is 2.37. The standard InChI is InChI=1S/C60H39NO2/c1-3-16-40(17-4-1)43-32-36-49(55(38-43)48-21-8-7-20-46(48)41-18-5-2-6-19-41)50-22-9-12-27-56(50)61(45-35-37-53-51-23-10-13-28-57(51)62-59(53)39-45)44-33-30-42(31-34-44)47-25-15-26-54-52-24-11-14-29-58(52)63-60(47)54/h1-39H. The van der Waals surface area contributed by atoms with Gasteiger partial charge in [-0.05, 0) is 93.0 Å². The van der Waals surface area contributed by atoms with Gasteiger partial charge in [-0.15, -0.1) is 0 Å². The van der Waals surface area contributed by atoms with Crippen molar-refractivity contribution in [2.24, 2.45) is 0 Å². The highest BCUT2D eigenvalue weighted by molar-refractivity contribution is 6.10. The molecule has 12 rings (SSSR count). The van der Waals surface area contributed by atoms with Gasteiger partial charge in [0.25, 0.3) is 0 Å². The lowest BCUT2D eigenvalue weighted by molar-refractivity contribution is 0.669. The number of fused-ring (bicyclic) bond motifs is 6. The van der Waals surface area contributed by atoms with Crippen LogP contribution in [0, 0.1) is 0 Å². The van der Waals surface area contributed by atoms with Crippen LogP contribution in [0.3, 0.4) is 0 Å². The van der Waals surface area contributed by atoms with Crippen molar-refractivity contribution >= 4 is 60.9 Å². The zero-order valence-electron chi connectivity index (χ0n) is 34.3. The first-order valence-corrected chi connectivity index (χ1v) is 21.4. The summed E-state index contributed by atoms with van der Waals surface area (Å²) in [5.41, 5.74) is 18.0. The van der Waals surface area contributed by atoms with E-state index in [1.807, 2.05) is 24.3 Å². The first-order valence-electron chi connectivity index (χ1n) is 21.4. The van der Waals surface area contributed by atoms with Crippen LogP contribution in [0.5, 0.6) is 0 Å². The number of hydrogen-bond acceptors (Lipinski definition) is 3. The van der Waals surface area contributed by atoms with Crippen molar-refractivity contribution in [3.8, 4) is 55.6 Å². The summed E-state index contributed by atoms with van der Waals surface area (Å²) in [5, 5.41) is 4.44. The molecule has 3 nitrogen and oxygen atoms in total. The Morgan fingerprint density at radius 3 is 1.56 bits per heavy atom. The molecule has 12 aromatic rings. The van der Waals surface area contributed by atoms with E-state index in [0.29, 0.717) is 0 Å². The maximum Gasteiger partial charge on any atom is 0.143 e. The fraction of sp³-hybridized carbons (Fsp3) is 0. The van der Waals surface area contributed by atoms with Gasteiger partial charge in [0.1, 0.15) is 22.3 Å². The van der Waals surface area contributed by atoms with E-state index < -0.39 is 0 Å². The zero-order chi connectivity index (χ0) is 41.7. The van der Waals surface area contributed by atoms with Crippen LogP contribution in [0.4, 0.5) is 17.1 Å². The summed E-state index contributed by atoms with van der Waals surface area (Å²) in [6, 6.07) is 84.2. The largest absolute Gasteiger partial charge is 0.456 e. The van der Waals surface area contributed by atoms with E-state index >= 15 is 0 Å². The lowest BCUT2D eigenvalue weighted by atomic mass is 9.86. The molecule has 0 N–H and O–H groups in total. The van der Waals surface area contributed by atoms with Crippen LogP contribution < -0.4 is 4.90 Å². The molecule has 0 aliphatic heterocycles. The molecule has 2 heterocycles. The molecule has 0 spiro atoms. The van der Waals surface area contributed by atoms with Crippen molar-refractivity contribution in [3.05, 3.63) is 237 Å². The third-order valence-corrected chi connectivity index (χ3v) is 12.3. The fourth-order valence-electron chi connectivity index (χ4n) is 9.34. The average Bonchev–Trinajstić information content (AvgIpc) is 3.93. The molecule has 0 aliphatic carbocycles. The maximum absolute atomic E-state index is 6.52. The molecule has 0 unspecified atom stereocenters. The number of hydrogen-bond donors (Lipinski definition) is 0. The van der Waals surface area contributed by atoms with Gasteiger partial charge in [0.2, 0.25) is 0 Å². The molecule has 0 saturated carbocycles. The van der Waals surface area contributed by atoms with Crippen molar-refractivity contribution in [1.29, 1.82) is 0 Å². The quantitative estimate of drug-likeness (QED) is 0.153. The predicted octanol–water partition coefficient (Wildman–Crippen LogP) is 17.3. The molecule has 0 aliphatic rings. The minimum atomic E-state index is 0.842. The van der Waals surface area contributed by atoms with Crippen LogP contribution in [-0.4, -0.2) is 0 Å². The first-order chi connectivity index (χ1) is 31.2. The Hall–Kier alpha value is -8.40. The molecule has 0 saturated heterocycles. The Morgan fingerprint density at radius 1 is 0.254 bits per heavy atom. The number of rotatable bonds is 8.